The fraction of sp³-hybridized carbons (Fsp3) is 0.231. The molecule has 0 radical (unpaired) electrons. The second kappa shape index (κ2) is 3.83. The molecular weight excluding hydrogens is 218 g/mol. The average Bonchev–Trinajstić information content (AvgIpc) is 2.33. The molecule has 0 saturated heterocycles. The molecular formula is C13H13NOS. The van der Waals surface area contributed by atoms with Gasteiger partial charge < -0.3 is 5.32 Å². The van der Waals surface area contributed by atoms with E-state index < -0.39 is 0 Å². The Hall–Kier alpha value is -1.48. The molecule has 0 aliphatic heterocycles. The van der Waals surface area contributed by atoms with Gasteiger partial charge in [0.25, 0.3) is 0 Å². The molecule has 0 spiro atoms. The monoisotopic (exact) mass is 231 g/mol. The first-order chi connectivity index (χ1) is 7.56. The SMILES string of the molecule is CNc1ccc2c(c1)C(=O)C(C)=C(C)C2=S. The van der Waals surface area contributed by atoms with Gasteiger partial charge in [-0.1, -0.05) is 18.3 Å². The molecule has 3 heteroatoms. The molecule has 2 rings (SSSR count). The van der Waals surface area contributed by atoms with Gasteiger partial charge in [-0.15, -0.1) is 0 Å². The van der Waals surface area contributed by atoms with Gasteiger partial charge in [-0.05, 0) is 31.6 Å². The van der Waals surface area contributed by atoms with Crippen LogP contribution in [0.15, 0.2) is 29.3 Å². The number of benzene rings is 1. The highest BCUT2D eigenvalue weighted by molar-refractivity contribution is 7.81. The number of anilines is 1. The average molecular weight is 231 g/mol. The topological polar surface area (TPSA) is 29.1 Å². The molecule has 0 atom stereocenters. The third-order valence-electron chi connectivity index (χ3n) is 3.04. The summed E-state index contributed by atoms with van der Waals surface area (Å²) < 4.78 is 0. The molecule has 0 unspecified atom stereocenters. The van der Waals surface area contributed by atoms with Crippen LogP contribution in [0.2, 0.25) is 0 Å². The van der Waals surface area contributed by atoms with Gasteiger partial charge >= 0.3 is 0 Å². The highest BCUT2D eigenvalue weighted by atomic mass is 32.1. The summed E-state index contributed by atoms with van der Waals surface area (Å²) in [6.07, 6.45) is 0. The zero-order valence-electron chi connectivity index (χ0n) is 9.55. The molecule has 1 aromatic rings. The summed E-state index contributed by atoms with van der Waals surface area (Å²) in [5, 5.41) is 3.03. The molecule has 1 aliphatic rings. The lowest BCUT2D eigenvalue weighted by molar-refractivity contribution is 0.103. The van der Waals surface area contributed by atoms with E-state index in [1.54, 1.807) is 0 Å². The third-order valence-corrected chi connectivity index (χ3v) is 3.57. The van der Waals surface area contributed by atoms with Crippen LogP contribution in [-0.2, 0) is 0 Å². The smallest absolute Gasteiger partial charge is 0.189 e. The number of allylic oxidation sites excluding steroid dienone is 2. The Bertz CT molecular complexity index is 529. The minimum atomic E-state index is 0.0817. The van der Waals surface area contributed by atoms with E-state index in [4.69, 9.17) is 12.2 Å². The number of fused-ring (bicyclic) bond motifs is 1. The number of carbonyl (C=O) groups is 1. The van der Waals surface area contributed by atoms with Gasteiger partial charge in [0.2, 0.25) is 0 Å². The van der Waals surface area contributed by atoms with E-state index in [1.165, 1.54) is 0 Å². The Morgan fingerprint density at radius 3 is 2.44 bits per heavy atom. The van der Waals surface area contributed by atoms with Crippen molar-refractivity contribution in [3.05, 3.63) is 40.5 Å². The second-order valence-electron chi connectivity index (χ2n) is 3.92. The van der Waals surface area contributed by atoms with Crippen LogP contribution in [-0.4, -0.2) is 17.7 Å². The van der Waals surface area contributed by atoms with Crippen LogP contribution in [0, 0.1) is 0 Å². The lowest BCUT2D eigenvalue weighted by Crippen LogP contribution is -2.18. The summed E-state index contributed by atoms with van der Waals surface area (Å²) in [6.45, 7) is 3.74. The van der Waals surface area contributed by atoms with Crippen LogP contribution in [0.3, 0.4) is 0 Å². The Morgan fingerprint density at radius 2 is 1.81 bits per heavy atom. The van der Waals surface area contributed by atoms with Crippen LogP contribution >= 0.6 is 12.2 Å². The molecule has 0 fully saturated rings. The van der Waals surface area contributed by atoms with Crippen molar-refractivity contribution < 1.29 is 4.79 Å². The molecule has 0 aromatic heterocycles. The standard InChI is InChI=1S/C13H13NOS/c1-7-8(2)13(16)10-5-4-9(14-3)6-11(10)12(7)15/h4-6,14H,1-3H3. The number of carbonyl (C=O) groups excluding carboxylic acids is 1. The summed E-state index contributed by atoms with van der Waals surface area (Å²) >= 11 is 5.36. The maximum absolute atomic E-state index is 12.1. The van der Waals surface area contributed by atoms with Crippen molar-refractivity contribution in [2.45, 2.75) is 13.8 Å². The maximum atomic E-state index is 12.1. The fourth-order valence-electron chi connectivity index (χ4n) is 1.83. The molecule has 0 amide bonds. The van der Waals surface area contributed by atoms with E-state index in [9.17, 15) is 4.79 Å². The molecule has 2 nitrogen and oxygen atoms in total. The van der Waals surface area contributed by atoms with E-state index in [-0.39, 0.29) is 5.78 Å². The van der Waals surface area contributed by atoms with E-state index >= 15 is 0 Å². The highest BCUT2D eigenvalue weighted by Gasteiger charge is 2.24. The number of hydrogen-bond donors (Lipinski definition) is 1. The van der Waals surface area contributed by atoms with E-state index in [2.05, 4.69) is 5.32 Å². The molecule has 1 aromatic carbocycles. The van der Waals surface area contributed by atoms with Crippen molar-refractivity contribution in [1.82, 2.24) is 0 Å². The first-order valence-electron chi connectivity index (χ1n) is 5.15. The predicted molar refractivity (Wildman–Crippen MR) is 70.4 cm³/mol. The van der Waals surface area contributed by atoms with Crippen LogP contribution in [0.5, 0.6) is 0 Å². The quantitative estimate of drug-likeness (QED) is 0.753. The Balaban J connectivity index is 2.67. The lowest BCUT2D eigenvalue weighted by atomic mass is 9.86. The summed E-state index contributed by atoms with van der Waals surface area (Å²) in [5.74, 6) is 0.0817. The molecule has 0 heterocycles. The first-order valence-corrected chi connectivity index (χ1v) is 5.55. The van der Waals surface area contributed by atoms with Gasteiger partial charge in [0, 0.05) is 34.3 Å². The lowest BCUT2D eigenvalue weighted by Gasteiger charge is -2.19. The maximum Gasteiger partial charge on any atom is 0.189 e. The molecule has 0 bridgehead atoms. The Morgan fingerprint density at radius 1 is 1.12 bits per heavy atom. The molecule has 1 aliphatic carbocycles. The molecule has 82 valence electrons. The summed E-state index contributed by atoms with van der Waals surface area (Å²) in [7, 11) is 1.83. The number of ketones is 1. The number of rotatable bonds is 1. The van der Waals surface area contributed by atoms with Crippen LogP contribution in [0.1, 0.15) is 29.8 Å². The Kier molecular flexibility index (Phi) is 2.64. The number of Topliss-reactive ketones (excluding diaryl/α,β-unsaturated/α-hetero) is 1. The summed E-state index contributed by atoms with van der Waals surface area (Å²) in [5.41, 5.74) is 4.19. The second-order valence-corrected chi connectivity index (χ2v) is 4.33. The van der Waals surface area contributed by atoms with E-state index in [0.717, 1.165) is 27.3 Å². The van der Waals surface area contributed by atoms with Crippen molar-refractivity contribution >= 4 is 28.6 Å². The van der Waals surface area contributed by atoms with Gasteiger partial charge in [0.1, 0.15) is 0 Å². The van der Waals surface area contributed by atoms with Crippen LogP contribution in [0.4, 0.5) is 5.69 Å². The van der Waals surface area contributed by atoms with Crippen molar-refractivity contribution in [1.29, 1.82) is 0 Å². The predicted octanol–water partition coefficient (Wildman–Crippen LogP) is 2.98. The van der Waals surface area contributed by atoms with E-state index in [1.807, 2.05) is 39.1 Å². The first kappa shape index (κ1) is 11.0. The molecule has 16 heavy (non-hydrogen) atoms. The molecule has 1 N–H and O–H groups in total. The minimum absolute atomic E-state index is 0.0817. The number of hydrogen-bond acceptors (Lipinski definition) is 3. The van der Waals surface area contributed by atoms with E-state index in [0.29, 0.717) is 5.56 Å². The van der Waals surface area contributed by atoms with Crippen LogP contribution in [0.25, 0.3) is 0 Å². The number of thiocarbonyl (C=S) groups is 1. The van der Waals surface area contributed by atoms with Gasteiger partial charge in [0.15, 0.2) is 5.78 Å². The van der Waals surface area contributed by atoms with Crippen molar-refractivity contribution in [2.24, 2.45) is 0 Å². The van der Waals surface area contributed by atoms with Gasteiger partial charge in [0.05, 0.1) is 0 Å². The third kappa shape index (κ3) is 1.48. The van der Waals surface area contributed by atoms with Crippen molar-refractivity contribution in [3.63, 3.8) is 0 Å². The largest absolute Gasteiger partial charge is 0.388 e. The minimum Gasteiger partial charge on any atom is -0.388 e. The summed E-state index contributed by atoms with van der Waals surface area (Å²) in [6, 6.07) is 5.71. The normalized spacial score (nSPS) is 15.2. The number of nitrogens with one attached hydrogen (secondary N) is 1. The van der Waals surface area contributed by atoms with Crippen LogP contribution < -0.4 is 5.32 Å². The Labute approximate surface area is 100 Å². The van der Waals surface area contributed by atoms with Gasteiger partial charge in [-0.2, -0.15) is 0 Å². The van der Waals surface area contributed by atoms with Gasteiger partial charge in [-0.25, -0.2) is 0 Å². The zero-order valence-corrected chi connectivity index (χ0v) is 10.4. The zero-order chi connectivity index (χ0) is 11.9. The van der Waals surface area contributed by atoms with Crippen molar-refractivity contribution in [3.8, 4) is 0 Å². The van der Waals surface area contributed by atoms with Gasteiger partial charge in [-0.3, -0.25) is 4.79 Å². The van der Waals surface area contributed by atoms with Crippen molar-refractivity contribution in [2.75, 3.05) is 12.4 Å². The highest BCUT2D eigenvalue weighted by Crippen LogP contribution is 2.28. The fourth-order valence-corrected chi connectivity index (χ4v) is 2.16. The molecule has 0 saturated carbocycles. The summed E-state index contributed by atoms with van der Waals surface area (Å²) in [4.78, 5) is 12.9.